The van der Waals surface area contributed by atoms with E-state index in [4.69, 9.17) is 28.9 Å². The zero-order valence-electron chi connectivity index (χ0n) is 9.20. The van der Waals surface area contributed by atoms with E-state index in [2.05, 4.69) is 11.4 Å². The van der Waals surface area contributed by atoms with Crippen molar-refractivity contribution in [3.05, 3.63) is 56.2 Å². The highest BCUT2D eigenvalue weighted by atomic mass is 35.5. The molecule has 0 aliphatic rings. The Morgan fingerprint density at radius 3 is 2.65 bits per heavy atom. The molecule has 1 aromatic carbocycles. The summed E-state index contributed by atoms with van der Waals surface area (Å²) in [5.74, 6) is 0. The van der Waals surface area contributed by atoms with Gasteiger partial charge >= 0.3 is 0 Å². The van der Waals surface area contributed by atoms with Crippen LogP contribution in [0.3, 0.4) is 0 Å². The molecule has 0 aliphatic heterocycles. The van der Waals surface area contributed by atoms with E-state index in [0.29, 0.717) is 10.0 Å². The smallest absolute Gasteiger partial charge is 0.0453 e. The monoisotopic (exact) mass is 285 g/mol. The van der Waals surface area contributed by atoms with Crippen LogP contribution in [-0.4, -0.2) is 6.04 Å². The highest BCUT2D eigenvalue weighted by molar-refractivity contribution is 7.09. The van der Waals surface area contributed by atoms with E-state index in [9.17, 15) is 0 Å². The molecule has 4 heteroatoms. The Labute approximate surface area is 115 Å². The van der Waals surface area contributed by atoms with E-state index < -0.39 is 0 Å². The minimum absolute atomic E-state index is 0.0901. The molecule has 2 aromatic rings. The van der Waals surface area contributed by atoms with Crippen molar-refractivity contribution in [2.24, 2.45) is 5.73 Å². The summed E-state index contributed by atoms with van der Waals surface area (Å²) in [5.41, 5.74) is 7.17. The molecule has 1 aromatic heterocycles. The quantitative estimate of drug-likeness (QED) is 0.897. The molecule has 1 unspecified atom stereocenters. The Morgan fingerprint density at radius 2 is 2.00 bits per heavy atom. The van der Waals surface area contributed by atoms with Gasteiger partial charge in [0, 0.05) is 21.0 Å². The lowest BCUT2D eigenvalue weighted by molar-refractivity contribution is 0.671. The van der Waals surface area contributed by atoms with Crippen LogP contribution in [0.1, 0.15) is 10.4 Å². The zero-order chi connectivity index (χ0) is 12.3. The molecule has 90 valence electrons. The predicted molar refractivity (Wildman–Crippen MR) is 76.2 cm³/mol. The summed E-state index contributed by atoms with van der Waals surface area (Å²) >= 11 is 13.7. The second-order valence-electron chi connectivity index (χ2n) is 3.98. The van der Waals surface area contributed by atoms with Crippen molar-refractivity contribution in [1.82, 2.24) is 0 Å². The first-order valence-electron chi connectivity index (χ1n) is 5.37. The molecule has 0 amide bonds. The van der Waals surface area contributed by atoms with Gasteiger partial charge in [-0.15, -0.1) is 11.3 Å². The molecule has 17 heavy (non-hydrogen) atoms. The third-order valence-corrected chi connectivity index (χ3v) is 4.03. The van der Waals surface area contributed by atoms with Crippen molar-refractivity contribution in [2.75, 3.05) is 0 Å². The van der Waals surface area contributed by atoms with Gasteiger partial charge in [-0.05, 0) is 42.0 Å². The summed E-state index contributed by atoms with van der Waals surface area (Å²) in [5, 5.41) is 3.42. The molecular formula is C13H13Cl2NS. The summed E-state index contributed by atoms with van der Waals surface area (Å²) in [6, 6.07) is 9.79. The fourth-order valence-corrected chi connectivity index (χ4v) is 3.01. The van der Waals surface area contributed by atoms with Gasteiger partial charge in [-0.2, -0.15) is 0 Å². The molecule has 0 spiro atoms. The van der Waals surface area contributed by atoms with Crippen LogP contribution in [0.5, 0.6) is 0 Å². The molecule has 0 saturated carbocycles. The maximum Gasteiger partial charge on any atom is 0.0453 e. The Balaban J connectivity index is 2.00. The van der Waals surface area contributed by atoms with E-state index in [-0.39, 0.29) is 6.04 Å². The van der Waals surface area contributed by atoms with Gasteiger partial charge in [-0.25, -0.2) is 0 Å². The maximum atomic E-state index is 6.12. The van der Waals surface area contributed by atoms with Crippen LogP contribution in [0, 0.1) is 0 Å². The lowest BCUT2D eigenvalue weighted by atomic mass is 10.0. The Bertz CT molecular complexity index is 482. The number of nitrogens with two attached hydrogens (primary N) is 1. The van der Waals surface area contributed by atoms with Crippen LogP contribution in [0.2, 0.25) is 10.0 Å². The Kier molecular flexibility index (Phi) is 4.46. The topological polar surface area (TPSA) is 26.0 Å². The van der Waals surface area contributed by atoms with Crippen molar-refractivity contribution in [3.8, 4) is 0 Å². The minimum Gasteiger partial charge on any atom is -0.327 e. The molecule has 1 nitrogen and oxygen atoms in total. The average molecular weight is 286 g/mol. The summed E-state index contributed by atoms with van der Waals surface area (Å²) in [6.07, 6.45) is 1.66. The van der Waals surface area contributed by atoms with Crippen molar-refractivity contribution < 1.29 is 0 Å². The fourth-order valence-electron chi connectivity index (χ4n) is 1.73. The first-order chi connectivity index (χ1) is 8.15. The lowest BCUT2D eigenvalue weighted by Gasteiger charge is -2.11. The highest BCUT2D eigenvalue weighted by Crippen LogP contribution is 2.22. The third kappa shape index (κ3) is 3.71. The Morgan fingerprint density at radius 1 is 1.18 bits per heavy atom. The minimum atomic E-state index is 0.0901. The molecule has 0 fully saturated rings. The van der Waals surface area contributed by atoms with Crippen LogP contribution >= 0.6 is 34.5 Å². The average Bonchev–Trinajstić information content (AvgIpc) is 2.75. The number of hydrogen-bond donors (Lipinski definition) is 1. The van der Waals surface area contributed by atoms with Crippen molar-refractivity contribution in [1.29, 1.82) is 0 Å². The molecule has 1 heterocycles. The number of rotatable bonds is 4. The highest BCUT2D eigenvalue weighted by Gasteiger charge is 2.09. The normalized spacial score (nSPS) is 12.6. The van der Waals surface area contributed by atoms with Gasteiger partial charge in [0.25, 0.3) is 0 Å². The summed E-state index contributed by atoms with van der Waals surface area (Å²) in [4.78, 5) is 1.31. The summed E-state index contributed by atoms with van der Waals surface area (Å²) in [6.45, 7) is 0. The second kappa shape index (κ2) is 5.87. The standard InChI is InChI=1S/C13H13Cl2NS/c14-10-4-3-9(13(15)7-10)6-11(16)8-12-2-1-5-17-12/h1-5,7,11H,6,8,16H2. The van der Waals surface area contributed by atoms with Gasteiger partial charge in [0.15, 0.2) is 0 Å². The molecule has 0 aliphatic carbocycles. The number of hydrogen-bond acceptors (Lipinski definition) is 2. The molecule has 0 radical (unpaired) electrons. The molecule has 0 bridgehead atoms. The van der Waals surface area contributed by atoms with Crippen LogP contribution in [0.15, 0.2) is 35.7 Å². The molecule has 1 atom stereocenters. The maximum absolute atomic E-state index is 6.12. The van der Waals surface area contributed by atoms with Crippen LogP contribution in [0.25, 0.3) is 0 Å². The zero-order valence-corrected chi connectivity index (χ0v) is 11.5. The number of benzene rings is 1. The molecule has 0 saturated heterocycles. The SMILES string of the molecule is NC(Cc1cccs1)Cc1ccc(Cl)cc1Cl. The van der Waals surface area contributed by atoms with E-state index in [1.54, 1.807) is 17.4 Å². The van der Waals surface area contributed by atoms with E-state index in [0.717, 1.165) is 18.4 Å². The lowest BCUT2D eigenvalue weighted by Crippen LogP contribution is -2.25. The van der Waals surface area contributed by atoms with Gasteiger partial charge in [0.1, 0.15) is 0 Å². The van der Waals surface area contributed by atoms with Gasteiger partial charge in [-0.1, -0.05) is 35.3 Å². The second-order valence-corrected chi connectivity index (χ2v) is 5.86. The summed E-state index contributed by atoms with van der Waals surface area (Å²) in [7, 11) is 0. The number of thiophene rings is 1. The van der Waals surface area contributed by atoms with Crippen LogP contribution < -0.4 is 5.73 Å². The van der Waals surface area contributed by atoms with Gasteiger partial charge in [0.2, 0.25) is 0 Å². The van der Waals surface area contributed by atoms with Crippen molar-refractivity contribution in [3.63, 3.8) is 0 Å². The van der Waals surface area contributed by atoms with Gasteiger partial charge in [-0.3, -0.25) is 0 Å². The van der Waals surface area contributed by atoms with Crippen LogP contribution in [-0.2, 0) is 12.8 Å². The number of halogens is 2. The first-order valence-corrected chi connectivity index (χ1v) is 7.00. The van der Waals surface area contributed by atoms with Crippen LogP contribution in [0.4, 0.5) is 0 Å². The van der Waals surface area contributed by atoms with E-state index in [1.807, 2.05) is 18.2 Å². The van der Waals surface area contributed by atoms with Gasteiger partial charge < -0.3 is 5.73 Å². The van der Waals surface area contributed by atoms with E-state index >= 15 is 0 Å². The Hall–Kier alpha value is -0.540. The molecule has 2 rings (SSSR count). The largest absolute Gasteiger partial charge is 0.327 e. The van der Waals surface area contributed by atoms with Crippen molar-refractivity contribution >= 4 is 34.5 Å². The third-order valence-electron chi connectivity index (χ3n) is 2.54. The van der Waals surface area contributed by atoms with E-state index in [1.165, 1.54) is 4.88 Å². The van der Waals surface area contributed by atoms with Gasteiger partial charge in [0.05, 0.1) is 0 Å². The first kappa shape index (κ1) is 12.9. The van der Waals surface area contributed by atoms with Crippen molar-refractivity contribution in [2.45, 2.75) is 18.9 Å². The fraction of sp³-hybridized carbons (Fsp3) is 0.231. The summed E-state index contributed by atoms with van der Waals surface area (Å²) < 4.78 is 0. The molecule has 2 N–H and O–H groups in total. The predicted octanol–water partition coefficient (Wildman–Crippen LogP) is 4.17. The molecular weight excluding hydrogens is 273 g/mol.